The van der Waals surface area contributed by atoms with Crippen molar-refractivity contribution in [3.63, 3.8) is 0 Å². The van der Waals surface area contributed by atoms with E-state index < -0.39 is 27.8 Å². The lowest BCUT2D eigenvalue weighted by Gasteiger charge is -2.17. The summed E-state index contributed by atoms with van der Waals surface area (Å²) in [6.07, 6.45) is -0.400. The molecule has 0 aliphatic carbocycles. The van der Waals surface area contributed by atoms with Crippen molar-refractivity contribution in [1.29, 1.82) is 0 Å². The van der Waals surface area contributed by atoms with Gasteiger partial charge in [-0.2, -0.15) is 17.2 Å². The largest absolute Gasteiger partial charge is 0.307 e. The molecule has 1 aromatic heterocycles. The third-order valence-corrected chi connectivity index (χ3v) is 5.07. The Labute approximate surface area is 122 Å². The average molecular weight is 336 g/mol. The Bertz CT molecular complexity index is 807. The smallest absolute Gasteiger partial charge is 0.307 e. The molecule has 10 heteroatoms. The Morgan fingerprint density at radius 3 is 2.80 bits per heavy atom. The SMILES string of the molecule is O=C1CC(S(=O)(=O)F)CN1c1c(Cl)ccc2nsnc12. The number of amides is 1. The van der Waals surface area contributed by atoms with Gasteiger partial charge in [0, 0.05) is 13.0 Å². The van der Waals surface area contributed by atoms with Crippen LogP contribution in [0.5, 0.6) is 0 Å². The normalized spacial score (nSPS) is 20.0. The second-order valence-corrected chi connectivity index (χ2v) is 6.89. The molecule has 1 aliphatic heterocycles. The first-order valence-electron chi connectivity index (χ1n) is 5.52. The molecule has 0 bridgehead atoms. The van der Waals surface area contributed by atoms with Crippen LogP contribution >= 0.6 is 23.3 Å². The van der Waals surface area contributed by atoms with Crippen LogP contribution in [-0.4, -0.2) is 34.9 Å². The van der Waals surface area contributed by atoms with Crippen LogP contribution in [0.15, 0.2) is 12.1 Å². The van der Waals surface area contributed by atoms with E-state index in [9.17, 15) is 17.1 Å². The molecule has 20 heavy (non-hydrogen) atoms. The number of carbonyl (C=O) groups excluding carboxylic acids is 1. The summed E-state index contributed by atoms with van der Waals surface area (Å²) in [5.74, 6) is -0.501. The van der Waals surface area contributed by atoms with Crippen LogP contribution in [-0.2, 0) is 15.0 Å². The number of fused-ring (bicyclic) bond motifs is 1. The van der Waals surface area contributed by atoms with Crippen molar-refractivity contribution in [2.24, 2.45) is 0 Å². The summed E-state index contributed by atoms with van der Waals surface area (Å²) in [6, 6.07) is 3.19. The van der Waals surface area contributed by atoms with Crippen molar-refractivity contribution in [3.05, 3.63) is 17.2 Å². The number of anilines is 1. The van der Waals surface area contributed by atoms with Gasteiger partial charge in [0.2, 0.25) is 5.91 Å². The van der Waals surface area contributed by atoms with Gasteiger partial charge in [-0.25, -0.2) is 0 Å². The van der Waals surface area contributed by atoms with Gasteiger partial charge in [-0.1, -0.05) is 11.6 Å². The zero-order valence-electron chi connectivity index (χ0n) is 9.79. The molecule has 1 saturated heterocycles. The molecule has 2 aromatic rings. The van der Waals surface area contributed by atoms with Gasteiger partial charge in [-0.15, -0.1) is 3.89 Å². The molecular formula is C10H7ClFN3O3S2. The number of benzene rings is 1. The fraction of sp³-hybridized carbons (Fsp3) is 0.300. The lowest BCUT2D eigenvalue weighted by atomic mass is 10.2. The summed E-state index contributed by atoms with van der Waals surface area (Å²) in [6.45, 7) is -0.270. The molecule has 1 aliphatic rings. The predicted octanol–water partition coefficient (Wildman–Crippen LogP) is 1.75. The van der Waals surface area contributed by atoms with Crippen molar-refractivity contribution in [1.82, 2.24) is 8.75 Å². The van der Waals surface area contributed by atoms with Crippen LogP contribution in [0.3, 0.4) is 0 Å². The van der Waals surface area contributed by atoms with Crippen LogP contribution in [0.2, 0.25) is 5.02 Å². The molecule has 1 unspecified atom stereocenters. The number of aromatic nitrogens is 2. The number of hydrogen-bond acceptors (Lipinski definition) is 6. The van der Waals surface area contributed by atoms with E-state index in [-0.39, 0.29) is 17.3 Å². The molecule has 0 spiro atoms. The molecule has 6 nitrogen and oxygen atoms in total. The monoisotopic (exact) mass is 335 g/mol. The molecule has 106 valence electrons. The van der Waals surface area contributed by atoms with Gasteiger partial charge in [0.1, 0.15) is 16.3 Å². The minimum atomic E-state index is -4.77. The van der Waals surface area contributed by atoms with Gasteiger partial charge in [-0.3, -0.25) is 4.79 Å². The first kappa shape index (κ1) is 13.7. The van der Waals surface area contributed by atoms with Crippen molar-refractivity contribution in [2.75, 3.05) is 11.4 Å². The van der Waals surface area contributed by atoms with Crippen LogP contribution < -0.4 is 4.90 Å². The van der Waals surface area contributed by atoms with E-state index in [2.05, 4.69) is 8.75 Å². The fourth-order valence-electron chi connectivity index (χ4n) is 2.15. The highest BCUT2D eigenvalue weighted by Gasteiger charge is 2.40. The van der Waals surface area contributed by atoms with Crippen molar-refractivity contribution in [2.45, 2.75) is 11.7 Å². The average Bonchev–Trinajstić information content (AvgIpc) is 2.95. The van der Waals surface area contributed by atoms with Crippen LogP contribution in [0.25, 0.3) is 11.0 Å². The van der Waals surface area contributed by atoms with Gasteiger partial charge < -0.3 is 4.90 Å². The first-order chi connectivity index (χ1) is 9.38. The van der Waals surface area contributed by atoms with Gasteiger partial charge in [0.05, 0.1) is 22.4 Å². The topological polar surface area (TPSA) is 80.2 Å². The summed E-state index contributed by atoms with van der Waals surface area (Å²) in [5.41, 5.74) is 1.25. The van der Waals surface area contributed by atoms with E-state index in [4.69, 9.17) is 11.6 Å². The Hall–Kier alpha value is -1.32. The molecule has 3 rings (SSSR count). The maximum absolute atomic E-state index is 13.0. The molecule has 1 amide bonds. The standard InChI is InChI=1S/C10H7ClFN3O3S2/c11-6-1-2-7-9(14-19-13-7)10(6)15-4-5(3-8(15)16)20(12,17)18/h1-2,5H,3-4H2. The quantitative estimate of drug-likeness (QED) is 0.781. The Morgan fingerprint density at radius 2 is 2.15 bits per heavy atom. The maximum Gasteiger partial charge on any atom is 0.307 e. The number of nitrogens with zero attached hydrogens (tertiary/aromatic N) is 3. The van der Waals surface area contributed by atoms with Crippen LogP contribution in [0, 0.1) is 0 Å². The van der Waals surface area contributed by atoms with Crippen LogP contribution in [0.1, 0.15) is 6.42 Å². The lowest BCUT2D eigenvalue weighted by Crippen LogP contribution is -2.27. The molecule has 2 heterocycles. The molecule has 1 fully saturated rings. The minimum Gasteiger partial charge on any atom is -0.307 e. The fourth-order valence-corrected chi connectivity index (χ4v) is 3.61. The number of hydrogen-bond donors (Lipinski definition) is 0. The molecule has 0 saturated carbocycles. The first-order valence-corrected chi connectivity index (χ1v) is 8.08. The Balaban J connectivity index is 2.10. The number of rotatable bonds is 2. The highest BCUT2D eigenvalue weighted by atomic mass is 35.5. The summed E-state index contributed by atoms with van der Waals surface area (Å²) in [4.78, 5) is 13.1. The molecule has 1 atom stereocenters. The Morgan fingerprint density at radius 1 is 1.40 bits per heavy atom. The second-order valence-electron chi connectivity index (χ2n) is 4.33. The third-order valence-electron chi connectivity index (χ3n) is 3.11. The molecule has 1 aromatic carbocycles. The Kier molecular flexibility index (Phi) is 3.14. The van der Waals surface area contributed by atoms with Crippen molar-refractivity contribution < 1.29 is 17.1 Å². The molecular weight excluding hydrogens is 329 g/mol. The summed E-state index contributed by atoms with van der Waals surface area (Å²) in [7, 11) is -4.77. The van der Waals surface area contributed by atoms with E-state index >= 15 is 0 Å². The third kappa shape index (κ3) is 2.15. The number of carbonyl (C=O) groups is 1. The van der Waals surface area contributed by atoms with E-state index in [1.165, 1.54) is 0 Å². The van der Waals surface area contributed by atoms with Gasteiger partial charge in [0.15, 0.2) is 0 Å². The number of halogens is 2. The summed E-state index contributed by atoms with van der Waals surface area (Å²) in [5, 5.41) is -1.12. The predicted molar refractivity (Wildman–Crippen MR) is 73.2 cm³/mol. The van der Waals surface area contributed by atoms with E-state index in [0.717, 1.165) is 16.6 Å². The van der Waals surface area contributed by atoms with Crippen molar-refractivity contribution >= 4 is 56.2 Å². The lowest BCUT2D eigenvalue weighted by molar-refractivity contribution is -0.117. The zero-order chi connectivity index (χ0) is 14.5. The van der Waals surface area contributed by atoms with Gasteiger partial charge >= 0.3 is 10.2 Å². The molecule has 0 N–H and O–H groups in total. The maximum atomic E-state index is 13.0. The van der Waals surface area contributed by atoms with Gasteiger partial charge in [0.25, 0.3) is 0 Å². The van der Waals surface area contributed by atoms with Crippen LogP contribution in [0.4, 0.5) is 9.57 Å². The van der Waals surface area contributed by atoms with E-state index in [1.54, 1.807) is 12.1 Å². The second kappa shape index (κ2) is 4.61. The summed E-state index contributed by atoms with van der Waals surface area (Å²) >= 11 is 7.02. The molecule has 0 radical (unpaired) electrons. The van der Waals surface area contributed by atoms with Crippen molar-refractivity contribution in [3.8, 4) is 0 Å². The highest BCUT2D eigenvalue weighted by Crippen LogP contribution is 2.36. The van der Waals surface area contributed by atoms with Gasteiger partial charge in [-0.05, 0) is 12.1 Å². The summed E-state index contributed by atoms with van der Waals surface area (Å²) < 4.78 is 43.0. The van der Waals surface area contributed by atoms with E-state index in [0.29, 0.717) is 11.0 Å². The van der Waals surface area contributed by atoms with E-state index in [1.807, 2.05) is 0 Å². The minimum absolute atomic E-state index is 0.246. The highest BCUT2D eigenvalue weighted by molar-refractivity contribution is 7.87. The zero-order valence-corrected chi connectivity index (χ0v) is 12.2.